The van der Waals surface area contributed by atoms with Gasteiger partial charge in [-0.25, -0.2) is 4.98 Å². The first-order valence-electron chi connectivity index (χ1n) is 10.4. The van der Waals surface area contributed by atoms with Crippen molar-refractivity contribution in [1.82, 2.24) is 9.97 Å². The average molecular weight is 348 g/mol. The molecule has 142 valence electrons. The highest BCUT2D eigenvalue weighted by molar-refractivity contribution is 5.91. The van der Waals surface area contributed by atoms with Crippen molar-refractivity contribution >= 4 is 5.91 Å². The summed E-state index contributed by atoms with van der Waals surface area (Å²) in [6.07, 6.45) is 22.8. The van der Waals surface area contributed by atoms with Gasteiger partial charge in [-0.1, -0.05) is 90.4 Å². The molecule has 0 unspecified atom stereocenters. The molecule has 0 spiro atoms. The summed E-state index contributed by atoms with van der Waals surface area (Å²) in [4.78, 5) is 19.6. The number of rotatable bonds is 16. The van der Waals surface area contributed by atoms with Gasteiger partial charge in [-0.2, -0.15) is 0 Å². The lowest BCUT2D eigenvalue weighted by atomic mass is 10.0. The fraction of sp³-hybridized carbons (Fsp3) is 0.762. The number of aromatic nitrogens is 2. The fourth-order valence-electron chi connectivity index (χ4n) is 3.24. The predicted molar refractivity (Wildman–Crippen MR) is 105 cm³/mol. The molecule has 0 saturated heterocycles. The van der Waals surface area contributed by atoms with Crippen LogP contribution in [0.5, 0.6) is 0 Å². The van der Waals surface area contributed by atoms with Gasteiger partial charge in [0, 0.05) is 12.4 Å². The van der Waals surface area contributed by atoms with Gasteiger partial charge in [-0.15, -0.1) is 0 Å². The van der Waals surface area contributed by atoms with Crippen LogP contribution in [0.2, 0.25) is 0 Å². The number of nitrogens with two attached hydrogens (primary N) is 1. The summed E-state index contributed by atoms with van der Waals surface area (Å²) < 4.78 is 0. The van der Waals surface area contributed by atoms with Crippen LogP contribution in [0.25, 0.3) is 0 Å². The van der Waals surface area contributed by atoms with E-state index in [0.717, 1.165) is 18.5 Å². The lowest BCUT2D eigenvalue weighted by molar-refractivity contribution is 0.0994. The number of primary amides is 1. The largest absolute Gasteiger partial charge is 0.364 e. The van der Waals surface area contributed by atoms with Crippen molar-refractivity contribution in [1.29, 1.82) is 0 Å². The number of hydrogen-bond donors (Lipinski definition) is 1. The maximum absolute atomic E-state index is 11.3. The highest BCUT2D eigenvalue weighted by Gasteiger charge is 2.09. The van der Waals surface area contributed by atoms with Crippen molar-refractivity contribution in [2.45, 2.75) is 103 Å². The minimum Gasteiger partial charge on any atom is -0.364 e. The molecule has 0 saturated carbocycles. The quantitative estimate of drug-likeness (QED) is 0.396. The Kier molecular flexibility index (Phi) is 12.8. The average Bonchev–Trinajstić information content (AvgIpc) is 2.62. The van der Waals surface area contributed by atoms with Crippen molar-refractivity contribution in [2.75, 3.05) is 0 Å². The first-order chi connectivity index (χ1) is 12.3. The Labute approximate surface area is 154 Å². The van der Waals surface area contributed by atoms with Crippen LogP contribution in [0.4, 0.5) is 0 Å². The molecule has 25 heavy (non-hydrogen) atoms. The molecule has 0 aliphatic heterocycles. The number of amides is 1. The van der Waals surface area contributed by atoms with Gasteiger partial charge in [0.1, 0.15) is 5.69 Å². The van der Waals surface area contributed by atoms with Crippen molar-refractivity contribution < 1.29 is 4.79 Å². The molecular weight excluding hydrogens is 310 g/mol. The van der Waals surface area contributed by atoms with E-state index in [0.29, 0.717) is 5.69 Å². The molecule has 0 radical (unpaired) electrons. The topological polar surface area (TPSA) is 68.9 Å². The maximum Gasteiger partial charge on any atom is 0.269 e. The molecule has 1 rings (SSSR count). The third-order valence-corrected chi connectivity index (χ3v) is 4.77. The SMILES string of the molecule is CCCCCCCCCCCCCCCCc1nccnc1C(N)=O. The van der Waals surface area contributed by atoms with E-state index in [-0.39, 0.29) is 0 Å². The maximum atomic E-state index is 11.3. The number of carbonyl (C=O) groups excluding carboxylic acids is 1. The minimum atomic E-state index is -0.478. The summed E-state index contributed by atoms with van der Waals surface area (Å²) in [6.45, 7) is 2.27. The van der Waals surface area contributed by atoms with E-state index in [2.05, 4.69) is 16.9 Å². The van der Waals surface area contributed by atoms with Crippen LogP contribution < -0.4 is 5.73 Å². The van der Waals surface area contributed by atoms with Gasteiger partial charge in [0.05, 0.1) is 5.69 Å². The number of aryl methyl sites for hydroxylation is 1. The normalized spacial score (nSPS) is 10.9. The molecule has 1 amide bonds. The molecule has 1 heterocycles. The first-order valence-corrected chi connectivity index (χ1v) is 10.4. The molecule has 1 aromatic rings. The molecule has 0 aliphatic rings. The summed E-state index contributed by atoms with van der Waals surface area (Å²) >= 11 is 0. The van der Waals surface area contributed by atoms with Crippen LogP contribution in [0, 0.1) is 0 Å². The Morgan fingerprint density at radius 1 is 0.760 bits per heavy atom. The second-order valence-corrected chi connectivity index (χ2v) is 7.06. The lowest BCUT2D eigenvalue weighted by Gasteiger charge is -2.05. The van der Waals surface area contributed by atoms with E-state index in [9.17, 15) is 4.79 Å². The van der Waals surface area contributed by atoms with E-state index in [1.807, 2.05) is 0 Å². The monoisotopic (exact) mass is 347 g/mol. The van der Waals surface area contributed by atoms with E-state index < -0.39 is 5.91 Å². The molecule has 0 fully saturated rings. The van der Waals surface area contributed by atoms with Crippen LogP contribution in [0.15, 0.2) is 12.4 Å². The Hall–Kier alpha value is -1.45. The van der Waals surface area contributed by atoms with Crippen LogP contribution >= 0.6 is 0 Å². The highest BCUT2D eigenvalue weighted by Crippen LogP contribution is 2.14. The summed E-state index contributed by atoms with van der Waals surface area (Å²) in [5.41, 5.74) is 6.40. The molecule has 0 aromatic carbocycles. The summed E-state index contributed by atoms with van der Waals surface area (Å²) in [7, 11) is 0. The second-order valence-electron chi connectivity index (χ2n) is 7.06. The molecule has 4 nitrogen and oxygen atoms in total. The summed E-state index contributed by atoms with van der Waals surface area (Å²) in [5, 5.41) is 0. The smallest absolute Gasteiger partial charge is 0.269 e. The predicted octanol–water partition coefficient (Wildman–Crippen LogP) is 5.60. The number of nitrogens with zero attached hydrogens (tertiary/aromatic N) is 2. The van der Waals surface area contributed by atoms with E-state index in [1.54, 1.807) is 6.20 Å². The Morgan fingerprint density at radius 2 is 1.20 bits per heavy atom. The van der Waals surface area contributed by atoms with Crippen molar-refractivity contribution in [3.63, 3.8) is 0 Å². The van der Waals surface area contributed by atoms with Gasteiger partial charge in [0.2, 0.25) is 0 Å². The van der Waals surface area contributed by atoms with Gasteiger partial charge in [-0.05, 0) is 12.8 Å². The van der Waals surface area contributed by atoms with Gasteiger partial charge >= 0.3 is 0 Å². The summed E-state index contributed by atoms with van der Waals surface area (Å²) in [5.74, 6) is -0.478. The van der Waals surface area contributed by atoms with Gasteiger partial charge in [0.15, 0.2) is 0 Å². The molecule has 1 aromatic heterocycles. The lowest BCUT2D eigenvalue weighted by Crippen LogP contribution is -2.16. The van der Waals surface area contributed by atoms with Gasteiger partial charge in [0.25, 0.3) is 5.91 Å². The Balaban J connectivity index is 1.90. The number of carbonyl (C=O) groups is 1. The second kappa shape index (κ2) is 14.9. The number of unbranched alkanes of at least 4 members (excludes halogenated alkanes) is 13. The standard InChI is InChI=1S/C21H37N3O/c1-2-3-4-5-6-7-8-9-10-11-12-13-14-15-16-19-20(21(22)25)24-18-17-23-19/h17-18H,2-16H2,1H3,(H2,22,25). The van der Waals surface area contributed by atoms with Crippen molar-refractivity contribution in [3.05, 3.63) is 23.8 Å². The molecule has 0 aliphatic carbocycles. The third-order valence-electron chi connectivity index (χ3n) is 4.77. The molecular formula is C21H37N3O. The van der Waals surface area contributed by atoms with E-state index >= 15 is 0 Å². The molecule has 0 bridgehead atoms. The zero-order chi connectivity index (χ0) is 18.2. The highest BCUT2D eigenvalue weighted by atomic mass is 16.1. The third kappa shape index (κ3) is 10.9. The first kappa shape index (κ1) is 21.6. The van der Waals surface area contributed by atoms with E-state index in [1.165, 1.54) is 89.7 Å². The Bertz CT molecular complexity index is 462. The molecule has 2 N–H and O–H groups in total. The van der Waals surface area contributed by atoms with Crippen LogP contribution in [-0.2, 0) is 6.42 Å². The number of hydrogen-bond acceptors (Lipinski definition) is 3. The van der Waals surface area contributed by atoms with Gasteiger partial charge < -0.3 is 5.73 Å². The fourth-order valence-corrected chi connectivity index (χ4v) is 3.24. The molecule has 0 atom stereocenters. The van der Waals surface area contributed by atoms with Crippen molar-refractivity contribution in [3.8, 4) is 0 Å². The van der Waals surface area contributed by atoms with Crippen molar-refractivity contribution in [2.24, 2.45) is 5.73 Å². The van der Waals surface area contributed by atoms with Crippen LogP contribution in [-0.4, -0.2) is 15.9 Å². The minimum absolute atomic E-state index is 0.331. The van der Waals surface area contributed by atoms with Crippen LogP contribution in [0.3, 0.4) is 0 Å². The zero-order valence-corrected chi connectivity index (χ0v) is 16.1. The summed E-state index contributed by atoms with van der Waals surface area (Å²) in [6, 6.07) is 0. The van der Waals surface area contributed by atoms with Gasteiger partial charge in [-0.3, -0.25) is 9.78 Å². The van der Waals surface area contributed by atoms with Crippen LogP contribution in [0.1, 0.15) is 113 Å². The molecule has 4 heteroatoms. The zero-order valence-electron chi connectivity index (χ0n) is 16.1. The Morgan fingerprint density at radius 3 is 1.68 bits per heavy atom. The van der Waals surface area contributed by atoms with E-state index in [4.69, 9.17) is 5.73 Å².